The van der Waals surface area contributed by atoms with Crippen LogP contribution in [0.1, 0.15) is 51.0 Å². The summed E-state index contributed by atoms with van der Waals surface area (Å²) in [6.45, 7) is 4.55. The molecule has 2 aliphatic heterocycles. The van der Waals surface area contributed by atoms with Crippen molar-refractivity contribution in [1.29, 1.82) is 0 Å². The number of rotatable bonds is 5. The molecular formula is C22H33N3O3S. The van der Waals surface area contributed by atoms with Gasteiger partial charge in [0.1, 0.15) is 0 Å². The van der Waals surface area contributed by atoms with Gasteiger partial charge in [-0.3, -0.25) is 4.79 Å². The van der Waals surface area contributed by atoms with Crippen LogP contribution in [0.25, 0.3) is 0 Å². The quantitative estimate of drug-likeness (QED) is 0.679. The predicted molar refractivity (Wildman–Crippen MR) is 113 cm³/mol. The highest BCUT2D eigenvalue weighted by Gasteiger charge is 2.38. The van der Waals surface area contributed by atoms with Crippen LogP contribution < -0.4 is 16.0 Å². The molecule has 29 heavy (non-hydrogen) atoms. The summed E-state index contributed by atoms with van der Waals surface area (Å²) in [4.78, 5) is 12.9. The first kappa shape index (κ1) is 20.8. The summed E-state index contributed by atoms with van der Waals surface area (Å²) >= 11 is 0. The summed E-state index contributed by atoms with van der Waals surface area (Å²) in [5, 5.41) is 9.61. The van der Waals surface area contributed by atoms with Gasteiger partial charge in [0.2, 0.25) is 5.91 Å². The van der Waals surface area contributed by atoms with Gasteiger partial charge in [-0.15, -0.1) is 0 Å². The van der Waals surface area contributed by atoms with Gasteiger partial charge in [-0.1, -0.05) is 31.9 Å². The Bertz CT molecular complexity index is 810. The molecule has 3 N–H and O–H groups in total. The number of hydrogen-bond donors (Lipinski definition) is 3. The standard InChI is InChI=1S/C22H33N3O3S/c1-15-3-2-4-19(11-15)29(27,28)18-7-5-16(6-8-18)13-24-22(26)21-12-17-14-23-10-9-20(17)25-21/h5-8,15,17,19-21,23,25H,2-4,9-14H2,1H3,(H,24,26). The minimum absolute atomic E-state index is 0.0345. The fourth-order valence-corrected chi connectivity index (χ4v) is 7.12. The number of carbonyl (C=O) groups excluding carboxylic acids is 1. The predicted octanol–water partition coefficient (Wildman–Crippen LogP) is 2.00. The number of amides is 1. The van der Waals surface area contributed by atoms with Gasteiger partial charge < -0.3 is 16.0 Å². The van der Waals surface area contributed by atoms with Crippen molar-refractivity contribution in [2.45, 2.75) is 74.2 Å². The van der Waals surface area contributed by atoms with Crippen molar-refractivity contribution >= 4 is 15.7 Å². The molecule has 2 saturated heterocycles. The van der Waals surface area contributed by atoms with Gasteiger partial charge in [0.05, 0.1) is 16.2 Å². The Morgan fingerprint density at radius 2 is 1.93 bits per heavy atom. The lowest BCUT2D eigenvalue weighted by Gasteiger charge is -2.26. The lowest BCUT2D eigenvalue weighted by atomic mass is 9.91. The van der Waals surface area contributed by atoms with Gasteiger partial charge in [-0.05, 0) is 68.3 Å². The maximum absolute atomic E-state index is 12.9. The minimum Gasteiger partial charge on any atom is -0.351 e. The van der Waals surface area contributed by atoms with Crippen molar-refractivity contribution in [3.8, 4) is 0 Å². The van der Waals surface area contributed by atoms with E-state index in [1.165, 1.54) is 0 Å². The van der Waals surface area contributed by atoms with E-state index in [4.69, 9.17) is 0 Å². The molecule has 1 saturated carbocycles. The van der Waals surface area contributed by atoms with Crippen LogP contribution in [0.2, 0.25) is 0 Å². The summed E-state index contributed by atoms with van der Waals surface area (Å²) in [6, 6.07) is 7.36. The molecular weight excluding hydrogens is 386 g/mol. The largest absolute Gasteiger partial charge is 0.351 e. The van der Waals surface area contributed by atoms with E-state index in [2.05, 4.69) is 22.9 Å². The number of carbonyl (C=O) groups is 1. The number of piperidine rings is 1. The van der Waals surface area contributed by atoms with Crippen molar-refractivity contribution in [3.05, 3.63) is 29.8 Å². The van der Waals surface area contributed by atoms with Crippen LogP contribution in [-0.2, 0) is 21.2 Å². The Morgan fingerprint density at radius 3 is 2.66 bits per heavy atom. The van der Waals surface area contributed by atoms with E-state index in [1.54, 1.807) is 12.1 Å². The summed E-state index contributed by atoms with van der Waals surface area (Å²) in [5.74, 6) is 1.04. The Labute approximate surface area is 174 Å². The van der Waals surface area contributed by atoms with E-state index in [1.807, 2.05) is 12.1 Å². The smallest absolute Gasteiger partial charge is 0.237 e. The topological polar surface area (TPSA) is 87.3 Å². The number of fused-ring (bicyclic) bond motifs is 1. The Hall–Kier alpha value is -1.44. The van der Waals surface area contributed by atoms with Gasteiger partial charge in [0.25, 0.3) is 0 Å². The van der Waals surface area contributed by atoms with E-state index < -0.39 is 9.84 Å². The molecule has 6 nitrogen and oxygen atoms in total. The second-order valence-electron chi connectivity index (χ2n) is 9.11. The maximum Gasteiger partial charge on any atom is 0.237 e. The summed E-state index contributed by atoms with van der Waals surface area (Å²) in [7, 11) is -3.27. The van der Waals surface area contributed by atoms with Gasteiger partial charge in [0, 0.05) is 12.6 Å². The Morgan fingerprint density at radius 1 is 1.14 bits per heavy atom. The van der Waals surface area contributed by atoms with Crippen molar-refractivity contribution in [3.63, 3.8) is 0 Å². The van der Waals surface area contributed by atoms with Crippen molar-refractivity contribution in [1.82, 2.24) is 16.0 Å². The van der Waals surface area contributed by atoms with Crippen LogP contribution in [0.5, 0.6) is 0 Å². The van der Waals surface area contributed by atoms with E-state index in [0.717, 1.165) is 57.2 Å². The summed E-state index contributed by atoms with van der Waals surface area (Å²) in [5.41, 5.74) is 0.923. The number of nitrogens with one attached hydrogen (secondary N) is 3. The fourth-order valence-electron chi connectivity index (χ4n) is 5.16. The highest BCUT2D eigenvalue weighted by Crippen LogP contribution is 2.32. The molecule has 5 unspecified atom stereocenters. The average molecular weight is 420 g/mol. The fraction of sp³-hybridized carbons (Fsp3) is 0.682. The maximum atomic E-state index is 12.9. The molecule has 7 heteroatoms. The van der Waals surface area contributed by atoms with Crippen molar-refractivity contribution < 1.29 is 13.2 Å². The molecule has 0 radical (unpaired) electrons. The van der Waals surface area contributed by atoms with E-state index in [0.29, 0.717) is 29.3 Å². The number of benzene rings is 1. The van der Waals surface area contributed by atoms with Crippen LogP contribution in [0, 0.1) is 11.8 Å². The molecule has 0 aromatic heterocycles. The van der Waals surface area contributed by atoms with E-state index in [-0.39, 0.29) is 17.2 Å². The normalized spacial score (nSPS) is 32.5. The Balaban J connectivity index is 1.32. The number of hydrogen-bond acceptors (Lipinski definition) is 5. The molecule has 3 aliphatic rings. The van der Waals surface area contributed by atoms with Gasteiger partial charge in [-0.25, -0.2) is 8.42 Å². The van der Waals surface area contributed by atoms with E-state index >= 15 is 0 Å². The SMILES string of the molecule is CC1CCCC(S(=O)(=O)c2ccc(CNC(=O)C3CC4CNCCC4N3)cc2)C1. The third kappa shape index (κ3) is 4.67. The first-order valence-electron chi connectivity index (χ1n) is 11.0. The summed E-state index contributed by atoms with van der Waals surface area (Å²) < 4.78 is 25.8. The average Bonchev–Trinajstić information content (AvgIpc) is 3.17. The van der Waals surface area contributed by atoms with Crippen molar-refractivity contribution in [2.24, 2.45) is 11.8 Å². The second kappa shape index (κ2) is 8.74. The van der Waals surface area contributed by atoms with Gasteiger partial charge in [-0.2, -0.15) is 0 Å². The van der Waals surface area contributed by atoms with Crippen molar-refractivity contribution in [2.75, 3.05) is 13.1 Å². The minimum atomic E-state index is -3.27. The highest BCUT2D eigenvalue weighted by molar-refractivity contribution is 7.92. The molecule has 2 heterocycles. The molecule has 5 atom stereocenters. The monoisotopic (exact) mass is 419 g/mol. The first-order chi connectivity index (χ1) is 13.9. The number of sulfone groups is 1. The molecule has 1 amide bonds. The molecule has 1 aliphatic carbocycles. The molecule has 160 valence electrons. The zero-order valence-corrected chi connectivity index (χ0v) is 18.0. The van der Waals surface area contributed by atoms with Gasteiger partial charge >= 0.3 is 0 Å². The second-order valence-corrected chi connectivity index (χ2v) is 11.3. The van der Waals surface area contributed by atoms with Crippen LogP contribution in [-0.4, -0.2) is 44.7 Å². The van der Waals surface area contributed by atoms with Crippen LogP contribution in [0.15, 0.2) is 29.2 Å². The molecule has 0 spiro atoms. The van der Waals surface area contributed by atoms with Crippen LogP contribution in [0.3, 0.4) is 0 Å². The zero-order chi connectivity index (χ0) is 20.4. The lowest BCUT2D eigenvalue weighted by molar-refractivity contribution is -0.123. The molecule has 1 aromatic rings. The van der Waals surface area contributed by atoms with Gasteiger partial charge in [0.15, 0.2) is 9.84 Å². The zero-order valence-electron chi connectivity index (χ0n) is 17.2. The lowest BCUT2D eigenvalue weighted by Crippen LogP contribution is -2.45. The molecule has 3 fully saturated rings. The molecule has 4 rings (SSSR count). The highest BCUT2D eigenvalue weighted by atomic mass is 32.2. The van der Waals surface area contributed by atoms with Crippen LogP contribution in [0.4, 0.5) is 0 Å². The third-order valence-corrected chi connectivity index (χ3v) is 9.16. The van der Waals surface area contributed by atoms with Crippen LogP contribution >= 0.6 is 0 Å². The first-order valence-corrected chi connectivity index (χ1v) is 12.6. The van der Waals surface area contributed by atoms with E-state index in [9.17, 15) is 13.2 Å². The summed E-state index contributed by atoms with van der Waals surface area (Å²) in [6.07, 6.45) is 5.58. The molecule has 1 aromatic carbocycles. The third-order valence-electron chi connectivity index (χ3n) is 6.92. The molecule has 0 bridgehead atoms. The Kier molecular flexibility index (Phi) is 6.27.